The normalized spacial score (nSPS) is 11.6. The molecule has 1 heterocycles. The second kappa shape index (κ2) is 8.04. The smallest absolute Gasteiger partial charge is 0.335 e. The predicted molar refractivity (Wildman–Crippen MR) is 104 cm³/mol. The molecule has 0 aliphatic rings. The molecule has 0 saturated heterocycles. The number of H-pyrrole nitrogens is 1. The van der Waals surface area contributed by atoms with Crippen LogP contribution in [-0.4, -0.2) is 33.0 Å². The Kier molecular flexibility index (Phi) is 5.86. The van der Waals surface area contributed by atoms with Gasteiger partial charge in [-0.1, -0.05) is 35.3 Å². The number of hydrogen-bond acceptors (Lipinski definition) is 3. The van der Waals surface area contributed by atoms with Crippen molar-refractivity contribution >= 4 is 29.1 Å². The lowest BCUT2D eigenvalue weighted by Gasteiger charge is -2.16. The molecular formula is C19H15Cl2F3N4O. The van der Waals surface area contributed by atoms with Crippen LogP contribution in [0.1, 0.15) is 27.3 Å². The molecule has 0 atom stereocenters. The number of hydrogen-bond donors (Lipinski definition) is 1. The van der Waals surface area contributed by atoms with E-state index in [2.05, 4.69) is 15.2 Å². The summed E-state index contributed by atoms with van der Waals surface area (Å²) < 4.78 is 38.6. The Bertz CT molecular complexity index is 1040. The van der Waals surface area contributed by atoms with Gasteiger partial charge in [-0.05, 0) is 42.3 Å². The molecule has 0 unspecified atom stereocenters. The van der Waals surface area contributed by atoms with Crippen LogP contribution in [0.25, 0.3) is 11.4 Å². The summed E-state index contributed by atoms with van der Waals surface area (Å²) in [5.41, 5.74) is 0.810. The van der Waals surface area contributed by atoms with E-state index in [1.54, 1.807) is 19.1 Å². The summed E-state index contributed by atoms with van der Waals surface area (Å²) in [4.78, 5) is 18.0. The number of amides is 1. The van der Waals surface area contributed by atoms with Gasteiger partial charge in [-0.2, -0.15) is 18.3 Å². The van der Waals surface area contributed by atoms with Gasteiger partial charge in [0.1, 0.15) is 0 Å². The zero-order valence-electron chi connectivity index (χ0n) is 15.3. The Balaban J connectivity index is 1.78. The van der Waals surface area contributed by atoms with Crippen LogP contribution in [0.3, 0.4) is 0 Å². The molecule has 0 radical (unpaired) electrons. The van der Waals surface area contributed by atoms with Crippen molar-refractivity contribution in [3.63, 3.8) is 0 Å². The van der Waals surface area contributed by atoms with Crippen molar-refractivity contribution in [1.29, 1.82) is 0 Å². The number of nitrogens with zero attached hydrogens (tertiary/aromatic N) is 3. The number of halogens is 5. The number of aromatic amines is 1. The molecule has 3 aromatic rings. The molecular weight excluding hydrogens is 428 g/mol. The van der Waals surface area contributed by atoms with E-state index in [4.69, 9.17) is 23.2 Å². The molecule has 0 fully saturated rings. The van der Waals surface area contributed by atoms with Crippen molar-refractivity contribution in [2.75, 3.05) is 7.05 Å². The van der Waals surface area contributed by atoms with Crippen molar-refractivity contribution in [3.8, 4) is 11.4 Å². The molecule has 152 valence electrons. The van der Waals surface area contributed by atoms with Crippen molar-refractivity contribution in [2.24, 2.45) is 0 Å². The highest BCUT2D eigenvalue weighted by Crippen LogP contribution is 2.31. The number of benzene rings is 2. The van der Waals surface area contributed by atoms with Crippen LogP contribution < -0.4 is 0 Å². The lowest BCUT2D eigenvalue weighted by Crippen LogP contribution is -2.27. The summed E-state index contributed by atoms with van der Waals surface area (Å²) in [5, 5.41) is 7.42. The zero-order chi connectivity index (χ0) is 21.3. The molecule has 1 aromatic heterocycles. The summed E-state index contributed by atoms with van der Waals surface area (Å²) in [6.07, 6.45) is -4.45. The van der Waals surface area contributed by atoms with Crippen molar-refractivity contribution in [1.82, 2.24) is 20.1 Å². The topological polar surface area (TPSA) is 61.9 Å². The number of nitrogens with one attached hydrogen (secondary N) is 1. The molecule has 1 N–H and O–H groups in total. The minimum atomic E-state index is -4.45. The molecule has 0 spiro atoms. The van der Waals surface area contributed by atoms with Crippen LogP contribution in [0.2, 0.25) is 10.0 Å². The van der Waals surface area contributed by atoms with Crippen LogP contribution in [0, 0.1) is 6.92 Å². The Labute approximate surface area is 174 Å². The maximum atomic E-state index is 12.9. The average molecular weight is 443 g/mol. The van der Waals surface area contributed by atoms with E-state index in [1.165, 1.54) is 24.1 Å². The molecule has 10 heteroatoms. The summed E-state index contributed by atoms with van der Waals surface area (Å²) in [6.45, 7) is 1.74. The fourth-order valence-electron chi connectivity index (χ4n) is 2.63. The zero-order valence-corrected chi connectivity index (χ0v) is 16.8. The average Bonchev–Trinajstić information content (AvgIpc) is 3.14. The number of carbonyl (C=O) groups is 1. The Morgan fingerprint density at radius 2 is 1.83 bits per heavy atom. The van der Waals surface area contributed by atoms with Gasteiger partial charge in [0, 0.05) is 29.2 Å². The van der Waals surface area contributed by atoms with Gasteiger partial charge in [-0.25, -0.2) is 4.98 Å². The first-order chi connectivity index (χ1) is 13.6. The number of aromatic nitrogens is 3. The molecule has 3 rings (SSSR count). The Morgan fingerprint density at radius 1 is 1.17 bits per heavy atom. The van der Waals surface area contributed by atoms with Gasteiger partial charge >= 0.3 is 6.18 Å². The first-order valence-electron chi connectivity index (χ1n) is 8.36. The number of alkyl halides is 3. The van der Waals surface area contributed by atoms with Crippen molar-refractivity contribution in [2.45, 2.75) is 19.6 Å². The molecule has 2 aromatic carbocycles. The third-order valence-electron chi connectivity index (χ3n) is 4.25. The third-order valence-corrected chi connectivity index (χ3v) is 5.03. The SMILES string of the molecule is Cc1c(Cl)cc(-c2n[nH]c(C(=O)N(C)Cc3cccc(C(F)(F)F)c3)n2)cc1Cl. The van der Waals surface area contributed by atoms with E-state index in [0.29, 0.717) is 26.7 Å². The summed E-state index contributed by atoms with van der Waals surface area (Å²) >= 11 is 12.2. The van der Waals surface area contributed by atoms with Gasteiger partial charge in [0.05, 0.1) is 5.56 Å². The standard InChI is InChI=1S/C19H15Cl2F3N4O/c1-10-14(20)7-12(8-15(10)21)16-25-17(27-26-16)18(29)28(2)9-11-4-3-5-13(6-11)19(22,23)24/h3-8H,9H2,1-2H3,(H,25,26,27). The van der Waals surface area contributed by atoms with E-state index < -0.39 is 17.6 Å². The molecule has 0 saturated carbocycles. The fraction of sp³-hybridized carbons (Fsp3) is 0.211. The van der Waals surface area contributed by atoms with Gasteiger partial charge in [0.15, 0.2) is 5.82 Å². The maximum Gasteiger partial charge on any atom is 0.416 e. The van der Waals surface area contributed by atoms with Crippen LogP contribution in [0.15, 0.2) is 36.4 Å². The van der Waals surface area contributed by atoms with E-state index in [9.17, 15) is 18.0 Å². The van der Waals surface area contributed by atoms with E-state index in [0.717, 1.165) is 12.1 Å². The van der Waals surface area contributed by atoms with Crippen LogP contribution in [0.5, 0.6) is 0 Å². The molecule has 29 heavy (non-hydrogen) atoms. The Hall–Kier alpha value is -2.58. The molecule has 5 nitrogen and oxygen atoms in total. The molecule has 0 aliphatic heterocycles. The first-order valence-corrected chi connectivity index (χ1v) is 9.12. The highest BCUT2D eigenvalue weighted by atomic mass is 35.5. The summed E-state index contributed by atoms with van der Waals surface area (Å²) in [6, 6.07) is 8.06. The first kappa shape index (κ1) is 21.1. The fourth-order valence-corrected chi connectivity index (χ4v) is 3.12. The lowest BCUT2D eigenvalue weighted by atomic mass is 10.1. The van der Waals surface area contributed by atoms with E-state index in [-0.39, 0.29) is 18.2 Å². The second-order valence-electron chi connectivity index (χ2n) is 6.43. The van der Waals surface area contributed by atoms with Gasteiger partial charge in [-0.3, -0.25) is 9.89 Å². The summed E-state index contributed by atoms with van der Waals surface area (Å²) in [7, 11) is 1.46. The van der Waals surface area contributed by atoms with Crippen LogP contribution in [-0.2, 0) is 12.7 Å². The minimum absolute atomic E-state index is 0.0268. The van der Waals surface area contributed by atoms with Gasteiger partial charge in [0.25, 0.3) is 5.91 Å². The largest absolute Gasteiger partial charge is 0.416 e. The minimum Gasteiger partial charge on any atom is -0.335 e. The molecule has 0 aliphatic carbocycles. The van der Waals surface area contributed by atoms with Crippen LogP contribution in [0.4, 0.5) is 13.2 Å². The van der Waals surface area contributed by atoms with Gasteiger partial charge < -0.3 is 4.90 Å². The van der Waals surface area contributed by atoms with Crippen molar-refractivity contribution in [3.05, 3.63) is 69.0 Å². The highest BCUT2D eigenvalue weighted by Gasteiger charge is 2.30. The monoisotopic (exact) mass is 442 g/mol. The lowest BCUT2D eigenvalue weighted by molar-refractivity contribution is -0.137. The van der Waals surface area contributed by atoms with Gasteiger partial charge in [-0.15, -0.1) is 0 Å². The quantitative estimate of drug-likeness (QED) is 0.589. The highest BCUT2D eigenvalue weighted by molar-refractivity contribution is 6.36. The van der Waals surface area contributed by atoms with E-state index in [1.807, 2.05) is 0 Å². The number of carbonyl (C=O) groups excluding carboxylic acids is 1. The van der Waals surface area contributed by atoms with Crippen LogP contribution >= 0.6 is 23.2 Å². The maximum absolute atomic E-state index is 12.9. The Morgan fingerprint density at radius 3 is 2.45 bits per heavy atom. The summed E-state index contributed by atoms with van der Waals surface area (Å²) in [5.74, 6) is -0.350. The molecule has 0 bridgehead atoms. The third kappa shape index (κ3) is 4.71. The van der Waals surface area contributed by atoms with E-state index >= 15 is 0 Å². The van der Waals surface area contributed by atoms with Crippen molar-refractivity contribution < 1.29 is 18.0 Å². The molecule has 1 amide bonds. The van der Waals surface area contributed by atoms with Gasteiger partial charge in [0.2, 0.25) is 5.82 Å². The second-order valence-corrected chi connectivity index (χ2v) is 7.25. The predicted octanol–water partition coefficient (Wildman–Crippen LogP) is 5.38. The number of rotatable bonds is 4.